The number of rotatable bonds is 6. The molecule has 112 valence electrons. The molecule has 1 aromatic rings. The third kappa shape index (κ3) is 3.49. The summed E-state index contributed by atoms with van der Waals surface area (Å²) in [6.45, 7) is 9.52. The van der Waals surface area contributed by atoms with E-state index in [0.29, 0.717) is 12.5 Å². The molecule has 1 aliphatic heterocycles. The lowest BCUT2D eigenvalue weighted by molar-refractivity contribution is 0.0216. The van der Waals surface area contributed by atoms with E-state index in [4.69, 9.17) is 9.47 Å². The van der Waals surface area contributed by atoms with Crippen LogP contribution in [0, 0.1) is 19.8 Å². The average molecular weight is 279 g/mol. The van der Waals surface area contributed by atoms with Crippen LogP contribution in [0.1, 0.15) is 41.5 Å². The first-order valence-corrected chi connectivity index (χ1v) is 7.49. The maximum atomic E-state index is 12.2. The van der Waals surface area contributed by atoms with E-state index in [9.17, 15) is 4.79 Å². The molecule has 0 aliphatic carbocycles. The van der Waals surface area contributed by atoms with Crippen LogP contribution < -0.4 is 0 Å². The number of carbonyl (C=O) groups excluding carboxylic acids is 1. The second-order valence-electron chi connectivity index (χ2n) is 5.52. The van der Waals surface area contributed by atoms with E-state index in [1.54, 1.807) is 0 Å². The van der Waals surface area contributed by atoms with Gasteiger partial charge < -0.3 is 14.0 Å². The molecule has 2 rings (SSSR count). The van der Waals surface area contributed by atoms with Crippen molar-refractivity contribution in [3.05, 3.63) is 23.0 Å². The van der Waals surface area contributed by atoms with E-state index in [1.807, 2.05) is 19.9 Å². The third-order valence-electron chi connectivity index (χ3n) is 4.12. The van der Waals surface area contributed by atoms with Crippen LogP contribution in [0.5, 0.6) is 0 Å². The molecule has 0 saturated carbocycles. The standard InChI is InChI=1S/C16H25NO3/c1-4-17-12(2)9-15(13(17)3)16(18)11-20-10-14-5-7-19-8-6-14/h9,14H,4-8,10-11H2,1-3H3. The SMILES string of the molecule is CCn1c(C)cc(C(=O)COCC2CCOCC2)c1C. The number of aryl methyl sites for hydroxylation is 1. The summed E-state index contributed by atoms with van der Waals surface area (Å²) >= 11 is 0. The van der Waals surface area contributed by atoms with Crippen molar-refractivity contribution in [3.8, 4) is 0 Å². The predicted molar refractivity (Wildman–Crippen MR) is 78.3 cm³/mol. The summed E-state index contributed by atoms with van der Waals surface area (Å²) in [7, 11) is 0. The molecule has 0 bridgehead atoms. The van der Waals surface area contributed by atoms with Crippen LogP contribution in [0.15, 0.2) is 6.07 Å². The van der Waals surface area contributed by atoms with E-state index in [1.165, 1.54) is 0 Å². The Morgan fingerprint density at radius 3 is 2.70 bits per heavy atom. The molecule has 1 fully saturated rings. The van der Waals surface area contributed by atoms with Gasteiger partial charge in [0.2, 0.25) is 0 Å². The lowest BCUT2D eigenvalue weighted by atomic mass is 10.0. The van der Waals surface area contributed by atoms with Crippen molar-refractivity contribution in [1.82, 2.24) is 4.57 Å². The zero-order chi connectivity index (χ0) is 14.5. The summed E-state index contributed by atoms with van der Waals surface area (Å²) in [6, 6.07) is 1.97. The highest BCUT2D eigenvalue weighted by molar-refractivity contribution is 5.98. The van der Waals surface area contributed by atoms with Crippen molar-refractivity contribution in [2.45, 2.75) is 40.2 Å². The Morgan fingerprint density at radius 1 is 1.40 bits per heavy atom. The molecule has 0 N–H and O–H groups in total. The van der Waals surface area contributed by atoms with Crippen molar-refractivity contribution in [1.29, 1.82) is 0 Å². The first-order valence-electron chi connectivity index (χ1n) is 7.49. The molecule has 1 saturated heterocycles. The number of hydrogen-bond acceptors (Lipinski definition) is 3. The van der Waals surface area contributed by atoms with Crippen LogP contribution in [-0.4, -0.2) is 36.8 Å². The fourth-order valence-electron chi connectivity index (χ4n) is 2.88. The Bertz CT molecular complexity index is 459. The van der Waals surface area contributed by atoms with Gasteiger partial charge in [-0.05, 0) is 45.6 Å². The highest BCUT2D eigenvalue weighted by Gasteiger charge is 2.17. The summed E-state index contributed by atoms with van der Waals surface area (Å²) in [6.07, 6.45) is 2.08. The Kier molecular flexibility index (Phi) is 5.38. The summed E-state index contributed by atoms with van der Waals surface area (Å²) in [5, 5.41) is 0. The molecule has 0 spiro atoms. The van der Waals surface area contributed by atoms with E-state index in [2.05, 4.69) is 11.5 Å². The van der Waals surface area contributed by atoms with Gasteiger partial charge in [-0.15, -0.1) is 0 Å². The molecule has 4 heteroatoms. The van der Waals surface area contributed by atoms with Crippen LogP contribution in [0.4, 0.5) is 0 Å². The fourth-order valence-corrected chi connectivity index (χ4v) is 2.88. The van der Waals surface area contributed by atoms with Gasteiger partial charge in [0.1, 0.15) is 6.61 Å². The Balaban J connectivity index is 1.85. The van der Waals surface area contributed by atoms with Crippen LogP contribution in [0.2, 0.25) is 0 Å². The minimum absolute atomic E-state index is 0.0878. The van der Waals surface area contributed by atoms with Crippen molar-refractivity contribution < 1.29 is 14.3 Å². The Morgan fingerprint density at radius 2 is 2.10 bits per heavy atom. The summed E-state index contributed by atoms with van der Waals surface area (Å²) in [5.74, 6) is 0.629. The molecule has 0 atom stereocenters. The third-order valence-corrected chi connectivity index (χ3v) is 4.12. The van der Waals surface area contributed by atoms with Crippen molar-refractivity contribution >= 4 is 5.78 Å². The van der Waals surface area contributed by atoms with E-state index in [-0.39, 0.29) is 12.4 Å². The minimum atomic E-state index is 0.0878. The number of hydrogen-bond donors (Lipinski definition) is 0. The van der Waals surface area contributed by atoms with Crippen LogP contribution in [0.3, 0.4) is 0 Å². The molecule has 4 nitrogen and oxygen atoms in total. The monoisotopic (exact) mass is 279 g/mol. The number of Topliss-reactive ketones (excluding diaryl/α,β-unsaturated/α-hetero) is 1. The van der Waals surface area contributed by atoms with Gasteiger partial charge in [0, 0.05) is 36.7 Å². The molecule has 20 heavy (non-hydrogen) atoms. The maximum Gasteiger partial charge on any atom is 0.190 e. The second-order valence-corrected chi connectivity index (χ2v) is 5.52. The topological polar surface area (TPSA) is 40.5 Å². The van der Waals surface area contributed by atoms with Crippen LogP contribution in [0.25, 0.3) is 0 Å². The summed E-state index contributed by atoms with van der Waals surface area (Å²) in [5.41, 5.74) is 2.98. The highest BCUT2D eigenvalue weighted by Crippen LogP contribution is 2.17. The van der Waals surface area contributed by atoms with Gasteiger partial charge in [-0.1, -0.05) is 0 Å². The molecular weight excluding hydrogens is 254 g/mol. The minimum Gasteiger partial charge on any atom is -0.381 e. The maximum absolute atomic E-state index is 12.2. The molecule has 1 aromatic heterocycles. The normalized spacial score (nSPS) is 16.6. The number of nitrogens with zero attached hydrogens (tertiary/aromatic N) is 1. The average Bonchev–Trinajstić information content (AvgIpc) is 2.74. The molecule has 0 radical (unpaired) electrons. The molecule has 1 aliphatic rings. The number of ether oxygens (including phenoxy) is 2. The van der Waals surface area contributed by atoms with Crippen LogP contribution in [-0.2, 0) is 16.0 Å². The first-order chi connectivity index (χ1) is 9.63. The lowest BCUT2D eigenvalue weighted by Gasteiger charge is -2.21. The first kappa shape index (κ1) is 15.3. The van der Waals surface area contributed by atoms with Crippen molar-refractivity contribution in [2.75, 3.05) is 26.4 Å². The summed E-state index contributed by atoms with van der Waals surface area (Å²) in [4.78, 5) is 12.2. The van der Waals surface area contributed by atoms with Crippen molar-refractivity contribution in [2.24, 2.45) is 5.92 Å². The zero-order valence-electron chi connectivity index (χ0n) is 12.8. The van der Waals surface area contributed by atoms with E-state index >= 15 is 0 Å². The van der Waals surface area contributed by atoms with Gasteiger partial charge in [0.15, 0.2) is 5.78 Å². The Hall–Kier alpha value is -1.13. The molecule has 2 heterocycles. The summed E-state index contributed by atoms with van der Waals surface area (Å²) < 4.78 is 13.1. The van der Waals surface area contributed by atoms with Gasteiger partial charge in [-0.2, -0.15) is 0 Å². The van der Waals surface area contributed by atoms with Gasteiger partial charge in [0.25, 0.3) is 0 Å². The number of aromatic nitrogens is 1. The van der Waals surface area contributed by atoms with E-state index in [0.717, 1.165) is 49.6 Å². The molecular formula is C16H25NO3. The van der Waals surface area contributed by atoms with Gasteiger partial charge in [-0.3, -0.25) is 4.79 Å². The fraction of sp³-hybridized carbons (Fsp3) is 0.688. The molecule has 0 amide bonds. The lowest BCUT2D eigenvalue weighted by Crippen LogP contribution is -2.22. The molecule has 0 aromatic carbocycles. The van der Waals surface area contributed by atoms with E-state index < -0.39 is 0 Å². The quantitative estimate of drug-likeness (QED) is 0.752. The smallest absolute Gasteiger partial charge is 0.190 e. The van der Waals surface area contributed by atoms with Gasteiger partial charge in [-0.25, -0.2) is 0 Å². The predicted octanol–water partition coefficient (Wildman–Crippen LogP) is 2.75. The number of ketones is 1. The zero-order valence-corrected chi connectivity index (χ0v) is 12.8. The van der Waals surface area contributed by atoms with Gasteiger partial charge >= 0.3 is 0 Å². The van der Waals surface area contributed by atoms with Crippen molar-refractivity contribution in [3.63, 3.8) is 0 Å². The largest absolute Gasteiger partial charge is 0.381 e. The Labute approximate surface area is 121 Å². The van der Waals surface area contributed by atoms with Crippen LogP contribution >= 0.6 is 0 Å². The number of carbonyl (C=O) groups is 1. The highest BCUT2D eigenvalue weighted by atomic mass is 16.5. The molecule has 0 unspecified atom stereocenters. The second kappa shape index (κ2) is 7.04. The van der Waals surface area contributed by atoms with Gasteiger partial charge in [0.05, 0.1) is 6.61 Å².